The van der Waals surface area contributed by atoms with Gasteiger partial charge in [0, 0.05) is 6.54 Å². The molecule has 4 nitrogen and oxygen atoms in total. The molecular formula is C13H28ClN3O. The Balaban J connectivity index is 0.00000289. The highest BCUT2D eigenvalue weighted by atomic mass is 35.5. The normalized spacial score (nSPS) is 17.2. The van der Waals surface area contributed by atoms with Crippen LogP contribution in [0.15, 0.2) is 0 Å². The second-order valence-electron chi connectivity index (χ2n) is 5.11. The molecule has 1 aliphatic rings. The zero-order valence-corrected chi connectivity index (χ0v) is 12.5. The topological polar surface area (TPSA) is 44.4 Å². The van der Waals surface area contributed by atoms with Crippen LogP contribution in [0.2, 0.25) is 0 Å². The Kier molecular flexibility index (Phi) is 10.4. The molecule has 0 spiro atoms. The largest absolute Gasteiger partial charge is 0.355 e. The standard InChI is InChI=1S/C13H27N3O.ClH/c1-12-5-9-16(10-6-12)8-4-3-7-15-13(17)11-14-2;/h12,14H,3-11H2,1-2H3,(H,15,17);1H. The van der Waals surface area contributed by atoms with E-state index in [1.54, 1.807) is 7.05 Å². The zero-order valence-electron chi connectivity index (χ0n) is 11.7. The summed E-state index contributed by atoms with van der Waals surface area (Å²) in [4.78, 5) is 13.7. The van der Waals surface area contributed by atoms with Crippen LogP contribution in [0, 0.1) is 5.92 Å². The fourth-order valence-electron chi connectivity index (χ4n) is 2.20. The Bertz CT molecular complexity index is 218. The number of halogens is 1. The summed E-state index contributed by atoms with van der Waals surface area (Å²) in [6.45, 7) is 7.28. The van der Waals surface area contributed by atoms with Crippen molar-refractivity contribution in [3.63, 3.8) is 0 Å². The van der Waals surface area contributed by atoms with E-state index in [-0.39, 0.29) is 18.3 Å². The van der Waals surface area contributed by atoms with E-state index in [1.807, 2.05) is 0 Å². The number of hydrogen-bond donors (Lipinski definition) is 2. The molecule has 108 valence electrons. The monoisotopic (exact) mass is 277 g/mol. The van der Waals surface area contributed by atoms with Crippen molar-refractivity contribution in [1.82, 2.24) is 15.5 Å². The second-order valence-corrected chi connectivity index (χ2v) is 5.11. The quantitative estimate of drug-likeness (QED) is 0.689. The first kappa shape index (κ1) is 17.7. The van der Waals surface area contributed by atoms with Crippen LogP contribution in [-0.2, 0) is 4.79 Å². The van der Waals surface area contributed by atoms with Gasteiger partial charge in [-0.3, -0.25) is 4.79 Å². The van der Waals surface area contributed by atoms with Crippen LogP contribution >= 0.6 is 12.4 Å². The second kappa shape index (κ2) is 10.6. The van der Waals surface area contributed by atoms with Crippen LogP contribution in [0.1, 0.15) is 32.6 Å². The number of likely N-dealkylation sites (N-methyl/N-ethyl adjacent to an activating group) is 1. The van der Waals surface area contributed by atoms with Gasteiger partial charge in [-0.1, -0.05) is 6.92 Å². The number of nitrogens with one attached hydrogen (secondary N) is 2. The molecule has 1 fully saturated rings. The molecule has 0 aliphatic carbocycles. The average Bonchev–Trinajstić information content (AvgIpc) is 2.31. The maximum Gasteiger partial charge on any atom is 0.233 e. The summed E-state index contributed by atoms with van der Waals surface area (Å²) in [5, 5.41) is 5.75. The van der Waals surface area contributed by atoms with Crippen molar-refractivity contribution < 1.29 is 4.79 Å². The number of carbonyl (C=O) groups is 1. The molecule has 1 aliphatic heterocycles. The van der Waals surface area contributed by atoms with Crippen molar-refractivity contribution in [3.05, 3.63) is 0 Å². The summed E-state index contributed by atoms with van der Waals surface area (Å²) in [5.74, 6) is 1.01. The summed E-state index contributed by atoms with van der Waals surface area (Å²) in [6, 6.07) is 0. The van der Waals surface area contributed by atoms with Gasteiger partial charge in [-0.15, -0.1) is 12.4 Å². The predicted molar refractivity (Wildman–Crippen MR) is 78.3 cm³/mol. The first-order valence-electron chi connectivity index (χ1n) is 6.86. The minimum atomic E-state index is 0. The highest BCUT2D eigenvalue weighted by molar-refractivity contribution is 5.85. The number of carbonyl (C=O) groups excluding carboxylic acids is 1. The third-order valence-corrected chi connectivity index (χ3v) is 3.44. The molecule has 0 saturated carbocycles. The number of piperidine rings is 1. The summed E-state index contributed by atoms with van der Waals surface area (Å²) in [6.07, 6.45) is 4.97. The maximum atomic E-state index is 11.2. The maximum absolute atomic E-state index is 11.2. The smallest absolute Gasteiger partial charge is 0.233 e. The van der Waals surface area contributed by atoms with Crippen molar-refractivity contribution in [2.45, 2.75) is 32.6 Å². The molecular weight excluding hydrogens is 250 g/mol. The van der Waals surface area contributed by atoms with E-state index in [0.717, 1.165) is 18.9 Å². The number of amides is 1. The first-order chi connectivity index (χ1) is 8.22. The molecule has 18 heavy (non-hydrogen) atoms. The van der Waals surface area contributed by atoms with Gasteiger partial charge in [0.25, 0.3) is 0 Å². The van der Waals surface area contributed by atoms with Crippen LogP contribution in [0.25, 0.3) is 0 Å². The minimum Gasteiger partial charge on any atom is -0.355 e. The number of unbranched alkanes of at least 4 members (excludes halogenated alkanes) is 1. The van der Waals surface area contributed by atoms with Crippen LogP contribution in [0.3, 0.4) is 0 Å². The summed E-state index contributed by atoms with van der Waals surface area (Å²) < 4.78 is 0. The van der Waals surface area contributed by atoms with Crippen LogP contribution in [-0.4, -0.2) is 50.6 Å². The molecule has 0 radical (unpaired) electrons. The SMILES string of the molecule is CNCC(=O)NCCCCN1CCC(C)CC1.Cl. The Morgan fingerprint density at radius 2 is 1.94 bits per heavy atom. The summed E-state index contributed by atoms with van der Waals surface area (Å²) in [5.41, 5.74) is 0. The van der Waals surface area contributed by atoms with E-state index in [9.17, 15) is 4.79 Å². The highest BCUT2D eigenvalue weighted by Gasteiger charge is 2.14. The number of rotatable bonds is 7. The molecule has 1 heterocycles. The van der Waals surface area contributed by atoms with Crippen molar-refractivity contribution in [2.75, 3.05) is 39.8 Å². The van der Waals surface area contributed by atoms with Gasteiger partial charge < -0.3 is 15.5 Å². The summed E-state index contributed by atoms with van der Waals surface area (Å²) >= 11 is 0. The van der Waals surface area contributed by atoms with Crippen molar-refractivity contribution in [2.24, 2.45) is 5.92 Å². The predicted octanol–water partition coefficient (Wildman–Crippen LogP) is 1.26. The molecule has 0 bridgehead atoms. The van der Waals surface area contributed by atoms with Gasteiger partial charge in [-0.25, -0.2) is 0 Å². The molecule has 2 N–H and O–H groups in total. The van der Waals surface area contributed by atoms with Crippen molar-refractivity contribution >= 4 is 18.3 Å². The third-order valence-electron chi connectivity index (χ3n) is 3.44. The number of nitrogens with zero attached hydrogens (tertiary/aromatic N) is 1. The molecule has 0 aromatic rings. The van der Waals surface area contributed by atoms with Crippen molar-refractivity contribution in [1.29, 1.82) is 0 Å². The lowest BCUT2D eigenvalue weighted by Gasteiger charge is -2.30. The molecule has 1 saturated heterocycles. The third kappa shape index (κ3) is 7.90. The lowest BCUT2D eigenvalue weighted by atomic mass is 9.99. The number of hydrogen-bond acceptors (Lipinski definition) is 3. The van der Waals surface area contributed by atoms with Crippen LogP contribution in [0.4, 0.5) is 0 Å². The lowest BCUT2D eigenvalue weighted by molar-refractivity contribution is -0.120. The van der Waals surface area contributed by atoms with E-state index in [0.29, 0.717) is 6.54 Å². The Labute approximate surface area is 117 Å². The van der Waals surface area contributed by atoms with E-state index >= 15 is 0 Å². The van der Waals surface area contributed by atoms with E-state index in [4.69, 9.17) is 0 Å². The van der Waals surface area contributed by atoms with E-state index < -0.39 is 0 Å². The lowest BCUT2D eigenvalue weighted by Crippen LogP contribution is -2.35. The van der Waals surface area contributed by atoms with E-state index in [2.05, 4.69) is 22.5 Å². The zero-order chi connectivity index (χ0) is 12.5. The Hall–Kier alpha value is -0.320. The molecule has 1 rings (SSSR count). The van der Waals surface area contributed by atoms with Gasteiger partial charge in [-0.05, 0) is 58.3 Å². The fourth-order valence-corrected chi connectivity index (χ4v) is 2.20. The van der Waals surface area contributed by atoms with Gasteiger partial charge in [0.05, 0.1) is 6.54 Å². The van der Waals surface area contributed by atoms with Gasteiger partial charge in [0.15, 0.2) is 0 Å². The van der Waals surface area contributed by atoms with Gasteiger partial charge >= 0.3 is 0 Å². The molecule has 0 aromatic carbocycles. The molecule has 1 amide bonds. The van der Waals surface area contributed by atoms with Gasteiger partial charge in [-0.2, -0.15) is 0 Å². The van der Waals surface area contributed by atoms with Gasteiger partial charge in [0.1, 0.15) is 0 Å². The highest BCUT2D eigenvalue weighted by Crippen LogP contribution is 2.15. The van der Waals surface area contributed by atoms with Gasteiger partial charge in [0.2, 0.25) is 5.91 Å². The number of likely N-dealkylation sites (tertiary alicyclic amines) is 1. The van der Waals surface area contributed by atoms with Crippen LogP contribution < -0.4 is 10.6 Å². The summed E-state index contributed by atoms with van der Waals surface area (Å²) in [7, 11) is 1.79. The molecule has 5 heteroatoms. The van der Waals surface area contributed by atoms with Crippen LogP contribution in [0.5, 0.6) is 0 Å². The molecule has 0 unspecified atom stereocenters. The first-order valence-corrected chi connectivity index (χ1v) is 6.86. The fraction of sp³-hybridized carbons (Fsp3) is 0.923. The molecule has 0 aromatic heterocycles. The minimum absolute atomic E-state index is 0. The van der Waals surface area contributed by atoms with E-state index in [1.165, 1.54) is 38.9 Å². The Morgan fingerprint density at radius 3 is 2.56 bits per heavy atom. The average molecular weight is 278 g/mol. The van der Waals surface area contributed by atoms with Crippen molar-refractivity contribution in [3.8, 4) is 0 Å². The molecule has 0 atom stereocenters. The Morgan fingerprint density at radius 1 is 1.28 bits per heavy atom.